The van der Waals surface area contributed by atoms with Gasteiger partial charge in [0.25, 0.3) is 0 Å². The molecule has 2 N–H and O–H groups in total. The van der Waals surface area contributed by atoms with Crippen molar-refractivity contribution in [1.82, 2.24) is 0 Å². The predicted octanol–water partition coefficient (Wildman–Crippen LogP) is -3.14. The summed E-state index contributed by atoms with van der Waals surface area (Å²) in [6.07, 6.45) is 0.471. The Bertz CT molecular complexity index is 289. The average molecular weight is 248 g/mol. The third-order valence-corrected chi connectivity index (χ3v) is 1.38. The van der Waals surface area contributed by atoms with Crippen molar-refractivity contribution >= 4 is 19.8 Å². The number of phosphoric ester groups is 1. The van der Waals surface area contributed by atoms with E-state index < -0.39 is 26.2 Å². The molecule has 0 aromatic carbocycles. The van der Waals surface area contributed by atoms with Crippen molar-refractivity contribution in [1.29, 1.82) is 0 Å². The standard InChI is InChI=1S/C6H9O7P.Na.H/c1-2-5(7)12-4-3-6(8)13-14(9,10)11;;/h2H,1,3-4H2,(H2,9,10,11);;/q;+1;-1. The van der Waals surface area contributed by atoms with Crippen molar-refractivity contribution < 1.29 is 64.2 Å². The minimum atomic E-state index is -4.80. The quantitative estimate of drug-likeness (QED) is 0.229. The van der Waals surface area contributed by atoms with Crippen LogP contribution in [0.3, 0.4) is 0 Å². The Hall–Kier alpha value is -0.170. The first-order chi connectivity index (χ1) is 6.35. The molecule has 0 heterocycles. The third kappa shape index (κ3) is 11.8. The van der Waals surface area contributed by atoms with Gasteiger partial charge in [-0.2, -0.15) is 0 Å². The van der Waals surface area contributed by atoms with Crippen LogP contribution < -0.4 is 29.6 Å². The van der Waals surface area contributed by atoms with Gasteiger partial charge in [0.1, 0.15) is 6.61 Å². The van der Waals surface area contributed by atoms with Crippen molar-refractivity contribution in [2.75, 3.05) is 6.61 Å². The van der Waals surface area contributed by atoms with Crippen LogP contribution in [0.15, 0.2) is 12.7 Å². The molecule has 0 saturated heterocycles. The molecule has 0 bridgehead atoms. The molecule has 0 radical (unpaired) electrons. The number of hydrogen-bond acceptors (Lipinski definition) is 5. The van der Waals surface area contributed by atoms with Gasteiger partial charge in [-0.15, -0.1) is 0 Å². The van der Waals surface area contributed by atoms with Crippen LogP contribution in [0.1, 0.15) is 7.85 Å². The number of phosphoric acid groups is 1. The van der Waals surface area contributed by atoms with Crippen molar-refractivity contribution in [3.63, 3.8) is 0 Å². The molecule has 7 nitrogen and oxygen atoms in total. The van der Waals surface area contributed by atoms with Gasteiger partial charge in [0.2, 0.25) is 0 Å². The maximum atomic E-state index is 10.6. The van der Waals surface area contributed by atoms with Gasteiger partial charge in [0, 0.05) is 6.08 Å². The summed E-state index contributed by atoms with van der Waals surface area (Å²) in [5, 5.41) is 0. The predicted molar refractivity (Wildman–Crippen MR) is 45.0 cm³/mol. The Kier molecular flexibility index (Phi) is 9.23. The van der Waals surface area contributed by atoms with Gasteiger partial charge in [0.05, 0.1) is 6.42 Å². The van der Waals surface area contributed by atoms with E-state index in [9.17, 15) is 14.2 Å². The van der Waals surface area contributed by atoms with E-state index in [1.54, 1.807) is 0 Å². The van der Waals surface area contributed by atoms with E-state index >= 15 is 0 Å². The first kappa shape index (κ1) is 17.2. The summed E-state index contributed by atoms with van der Waals surface area (Å²) in [5.74, 6) is -1.87. The van der Waals surface area contributed by atoms with Gasteiger partial charge in [0.15, 0.2) is 0 Å². The number of ether oxygens (including phenoxy) is 1. The topological polar surface area (TPSA) is 110 Å². The van der Waals surface area contributed by atoms with E-state index in [2.05, 4.69) is 15.8 Å². The van der Waals surface area contributed by atoms with E-state index in [0.717, 1.165) is 6.08 Å². The SMILES string of the molecule is C=CC(=O)OCCC(=O)OP(=O)(O)O.[H-].[Na+]. The van der Waals surface area contributed by atoms with Crippen LogP contribution in [0.5, 0.6) is 0 Å². The second kappa shape index (κ2) is 8.04. The molecule has 0 rings (SSSR count). The van der Waals surface area contributed by atoms with E-state index in [0.29, 0.717) is 0 Å². The fourth-order valence-corrected chi connectivity index (χ4v) is 0.829. The summed E-state index contributed by atoms with van der Waals surface area (Å²) < 4.78 is 18.2. The number of carbonyl (C=O) groups excluding carboxylic acids is 2. The molecular formula is C6H10NaO7P. The normalized spacial score (nSPS) is 9.73. The van der Waals surface area contributed by atoms with Crippen LogP contribution in [0.2, 0.25) is 0 Å². The fourth-order valence-electron chi connectivity index (χ4n) is 0.472. The molecule has 0 aliphatic heterocycles. The summed E-state index contributed by atoms with van der Waals surface area (Å²) in [7, 11) is -4.80. The zero-order valence-electron chi connectivity index (χ0n) is 9.08. The summed E-state index contributed by atoms with van der Waals surface area (Å²) in [6, 6.07) is 0. The van der Waals surface area contributed by atoms with Crippen LogP contribution >= 0.6 is 7.82 Å². The monoisotopic (exact) mass is 248 g/mol. The zero-order valence-corrected chi connectivity index (χ0v) is 11.0. The maximum absolute atomic E-state index is 10.6. The van der Waals surface area contributed by atoms with Crippen LogP contribution in [0, 0.1) is 0 Å². The van der Waals surface area contributed by atoms with Gasteiger partial charge in [-0.05, 0) is 0 Å². The van der Waals surface area contributed by atoms with Crippen molar-refractivity contribution in [3.8, 4) is 0 Å². The third-order valence-electron chi connectivity index (χ3n) is 0.938. The summed E-state index contributed by atoms with van der Waals surface area (Å²) >= 11 is 0. The molecule has 0 saturated carbocycles. The molecule has 0 aliphatic rings. The Morgan fingerprint density at radius 1 is 1.47 bits per heavy atom. The van der Waals surface area contributed by atoms with E-state index in [-0.39, 0.29) is 37.6 Å². The van der Waals surface area contributed by atoms with E-state index in [4.69, 9.17) is 9.79 Å². The van der Waals surface area contributed by atoms with Gasteiger partial charge in [-0.3, -0.25) is 14.6 Å². The molecule has 15 heavy (non-hydrogen) atoms. The number of esters is 1. The molecule has 9 heteroatoms. The van der Waals surface area contributed by atoms with E-state index in [1.165, 1.54) is 0 Å². The summed E-state index contributed by atoms with van der Waals surface area (Å²) in [5.41, 5.74) is 0. The summed E-state index contributed by atoms with van der Waals surface area (Å²) in [4.78, 5) is 37.4. The van der Waals surface area contributed by atoms with Gasteiger partial charge in [-0.1, -0.05) is 6.58 Å². The molecule has 0 unspecified atom stereocenters. The zero-order chi connectivity index (χ0) is 11.2. The molecule has 0 aromatic heterocycles. The number of rotatable bonds is 5. The first-order valence-corrected chi connectivity index (χ1v) is 4.95. The minimum absolute atomic E-state index is 0. The Morgan fingerprint density at radius 3 is 2.40 bits per heavy atom. The largest absolute Gasteiger partial charge is 1.00 e. The molecule has 0 aliphatic carbocycles. The molecule has 82 valence electrons. The Balaban J connectivity index is -0.000000845. The van der Waals surface area contributed by atoms with Crippen molar-refractivity contribution in [3.05, 3.63) is 12.7 Å². The van der Waals surface area contributed by atoms with Crippen LogP contribution in [-0.2, 0) is 23.4 Å². The molecule has 0 atom stereocenters. The second-order valence-corrected chi connectivity index (χ2v) is 3.24. The van der Waals surface area contributed by atoms with Crippen LogP contribution in [0.25, 0.3) is 0 Å². The second-order valence-electron chi connectivity index (χ2n) is 2.08. The smallest absolute Gasteiger partial charge is 1.00 e. The van der Waals surface area contributed by atoms with Crippen molar-refractivity contribution in [2.24, 2.45) is 0 Å². The Morgan fingerprint density at radius 2 is 2.00 bits per heavy atom. The summed E-state index contributed by atoms with van der Waals surface area (Å²) in [6.45, 7) is 2.79. The number of carbonyl (C=O) groups is 2. The molecule has 0 spiro atoms. The fraction of sp³-hybridized carbons (Fsp3) is 0.333. The molecule has 0 fully saturated rings. The molecule has 0 amide bonds. The Labute approximate surface area is 109 Å². The van der Waals surface area contributed by atoms with Crippen molar-refractivity contribution in [2.45, 2.75) is 6.42 Å². The minimum Gasteiger partial charge on any atom is -1.00 e. The van der Waals surface area contributed by atoms with Gasteiger partial charge < -0.3 is 10.7 Å². The van der Waals surface area contributed by atoms with Gasteiger partial charge >= 0.3 is 49.3 Å². The average Bonchev–Trinajstić information content (AvgIpc) is 2.00. The van der Waals surface area contributed by atoms with Gasteiger partial charge in [-0.25, -0.2) is 9.36 Å². The number of hydrogen-bond donors (Lipinski definition) is 2. The molecule has 0 aromatic rings. The van der Waals surface area contributed by atoms with Crippen LogP contribution in [0.4, 0.5) is 0 Å². The maximum Gasteiger partial charge on any atom is 1.00 e. The van der Waals surface area contributed by atoms with Crippen LogP contribution in [-0.4, -0.2) is 28.3 Å². The molecular weight excluding hydrogens is 238 g/mol. The van der Waals surface area contributed by atoms with E-state index in [1.807, 2.05) is 0 Å². The first-order valence-electron chi connectivity index (χ1n) is 3.42.